The number of aromatic nitrogens is 3. The van der Waals surface area contributed by atoms with Crippen molar-refractivity contribution in [2.75, 3.05) is 7.11 Å². The van der Waals surface area contributed by atoms with Gasteiger partial charge in [0, 0.05) is 6.07 Å². The van der Waals surface area contributed by atoms with E-state index in [-0.39, 0.29) is 23.1 Å². The van der Waals surface area contributed by atoms with Crippen LogP contribution in [0.5, 0.6) is 23.5 Å². The Hall–Kier alpha value is -2.08. The zero-order valence-electron chi connectivity index (χ0n) is 8.79. The van der Waals surface area contributed by atoms with Crippen LogP contribution in [0.2, 0.25) is 5.28 Å². The number of ether oxygens (including phenoxy) is 2. The van der Waals surface area contributed by atoms with Gasteiger partial charge in [0.05, 0.1) is 7.11 Å². The molecule has 0 unspecified atom stereocenters. The van der Waals surface area contributed by atoms with Crippen molar-refractivity contribution < 1.29 is 14.6 Å². The van der Waals surface area contributed by atoms with Gasteiger partial charge in [0.25, 0.3) is 0 Å². The molecule has 2 rings (SSSR count). The largest absolute Gasteiger partial charge is 0.508 e. The summed E-state index contributed by atoms with van der Waals surface area (Å²) in [6.45, 7) is 0. The Bertz CT molecular complexity index is 536. The van der Waals surface area contributed by atoms with Crippen LogP contribution in [0.1, 0.15) is 0 Å². The summed E-state index contributed by atoms with van der Waals surface area (Å²) >= 11 is 5.65. The molecule has 1 aromatic carbocycles. The molecule has 0 aliphatic carbocycles. The van der Waals surface area contributed by atoms with Crippen LogP contribution in [-0.2, 0) is 0 Å². The van der Waals surface area contributed by atoms with Gasteiger partial charge in [-0.15, -0.1) is 4.98 Å². The lowest BCUT2D eigenvalue weighted by molar-refractivity contribution is 0.358. The molecule has 88 valence electrons. The number of nitrogens with zero attached hydrogens (tertiary/aromatic N) is 3. The maximum absolute atomic E-state index is 9.26. The lowest BCUT2D eigenvalue weighted by Gasteiger charge is -2.05. The maximum Gasteiger partial charge on any atom is 0.329 e. The standard InChI is InChI=1S/C10H8ClN3O3/c1-16-9-12-8(11)13-10(14-9)17-7-4-2-3-6(15)5-7/h2-5,15H,1H3. The number of aromatic hydroxyl groups is 1. The van der Waals surface area contributed by atoms with Crippen LogP contribution in [-0.4, -0.2) is 27.2 Å². The average molecular weight is 254 g/mol. The topological polar surface area (TPSA) is 77.4 Å². The minimum absolute atomic E-state index is 0.00699. The fourth-order valence-corrected chi connectivity index (χ4v) is 1.25. The van der Waals surface area contributed by atoms with Gasteiger partial charge in [-0.1, -0.05) is 6.07 Å². The van der Waals surface area contributed by atoms with Gasteiger partial charge in [0.1, 0.15) is 11.5 Å². The molecule has 0 saturated heterocycles. The van der Waals surface area contributed by atoms with Gasteiger partial charge in [0.15, 0.2) is 0 Å². The van der Waals surface area contributed by atoms with E-state index in [2.05, 4.69) is 15.0 Å². The van der Waals surface area contributed by atoms with Gasteiger partial charge in [-0.05, 0) is 23.7 Å². The lowest BCUT2D eigenvalue weighted by Crippen LogP contribution is -1.98. The minimum Gasteiger partial charge on any atom is -0.508 e. The predicted octanol–water partition coefficient (Wildman–Crippen LogP) is 2.03. The molecular weight excluding hydrogens is 246 g/mol. The summed E-state index contributed by atoms with van der Waals surface area (Å²) in [4.78, 5) is 11.3. The normalized spacial score (nSPS) is 10.0. The molecule has 1 aromatic heterocycles. The number of hydrogen-bond donors (Lipinski definition) is 1. The van der Waals surface area contributed by atoms with Crippen molar-refractivity contribution in [3.05, 3.63) is 29.5 Å². The number of rotatable bonds is 3. The van der Waals surface area contributed by atoms with E-state index in [0.29, 0.717) is 5.75 Å². The first-order valence-electron chi connectivity index (χ1n) is 4.60. The fourth-order valence-electron chi connectivity index (χ4n) is 1.10. The summed E-state index contributed by atoms with van der Waals surface area (Å²) in [6.07, 6.45) is 0. The Labute approximate surface area is 102 Å². The molecule has 0 fully saturated rings. The highest BCUT2D eigenvalue weighted by Crippen LogP contribution is 2.23. The summed E-state index contributed by atoms with van der Waals surface area (Å²) in [5.41, 5.74) is 0. The molecule has 6 nitrogen and oxygen atoms in total. The van der Waals surface area contributed by atoms with E-state index >= 15 is 0 Å². The molecule has 0 aliphatic heterocycles. The Morgan fingerprint density at radius 2 is 1.94 bits per heavy atom. The Morgan fingerprint density at radius 1 is 1.18 bits per heavy atom. The Kier molecular flexibility index (Phi) is 3.24. The highest BCUT2D eigenvalue weighted by molar-refractivity contribution is 6.28. The summed E-state index contributed by atoms with van der Waals surface area (Å²) < 4.78 is 10.1. The van der Waals surface area contributed by atoms with Gasteiger partial charge in [0.2, 0.25) is 5.28 Å². The van der Waals surface area contributed by atoms with Crippen molar-refractivity contribution in [3.63, 3.8) is 0 Å². The van der Waals surface area contributed by atoms with Crippen LogP contribution in [0.3, 0.4) is 0 Å². The summed E-state index contributed by atoms with van der Waals surface area (Å²) in [5.74, 6) is 0.462. The molecule has 17 heavy (non-hydrogen) atoms. The molecule has 0 radical (unpaired) electrons. The van der Waals surface area contributed by atoms with Crippen molar-refractivity contribution >= 4 is 11.6 Å². The molecule has 0 saturated carbocycles. The minimum atomic E-state index is -0.0352. The number of phenols is 1. The van der Waals surface area contributed by atoms with E-state index in [0.717, 1.165) is 0 Å². The quantitative estimate of drug-likeness (QED) is 0.902. The van der Waals surface area contributed by atoms with Gasteiger partial charge in [-0.2, -0.15) is 9.97 Å². The SMILES string of the molecule is COc1nc(Cl)nc(Oc2cccc(O)c2)n1. The van der Waals surface area contributed by atoms with Gasteiger partial charge in [-0.25, -0.2) is 0 Å². The van der Waals surface area contributed by atoms with Crippen LogP contribution < -0.4 is 9.47 Å². The van der Waals surface area contributed by atoms with Gasteiger partial charge < -0.3 is 14.6 Å². The molecule has 0 atom stereocenters. The lowest BCUT2D eigenvalue weighted by atomic mass is 10.3. The van der Waals surface area contributed by atoms with Crippen LogP contribution in [0, 0.1) is 0 Å². The Morgan fingerprint density at radius 3 is 2.65 bits per heavy atom. The van der Waals surface area contributed by atoms with Crippen molar-refractivity contribution in [1.82, 2.24) is 15.0 Å². The number of hydrogen-bond acceptors (Lipinski definition) is 6. The fraction of sp³-hybridized carbons (Fsp3) is 0.100. The van der Waals surface area contributed by atoms with E-state index in [4.69, 9.17) is 21.1 Å². The molecule has 1 N–H and O–H groups in total. The van der Waals surface area contributed by atoms with Crippen LogP contribution in [0.4, 0.5) is 0 Å². The van der Waals surface area contributed by atoms with Crippen LogP contribution >= 0.6 is 11.6 Å². The zero-order chi connectivity index (χ0) is 12.3. The maximum atomic E-state index is 9.26. The number of methoxy groups -OCH3 is 1. The summed E-state index contributed by atoms with van der Waals surface area (Å²) in [7, 11) is 1.41. The first kappa shape index (κ1) is 11.4. The highest BCUT2D eigenvalue weighted by Gasteiger charge is 2.07. The van der Waals surface area contributed by atoms with Crippen molar-refractivity contribution in [3.8, 4) is 23.5 Å². The third kappa shape index (κ3) is 2.94. The molecule has 1 heterocycles. The second-order valence-corrected chi connectivity index (χ2v) is 3.31. The second-order valence-electron chi connectivity index (χ2n) is 2.97. The van der Waals surface area contributed by atoms with Crippen LogP contribution in [0.25, 0.3) is 0 Å². The highest BCUT2D eigenvalue weighted by atomic mass is 35.5. The van der Waals surface area contributed by atoms with Crippen LogP contribution in [0.15, 0.2) is 24.3 Å². The Balaban J connectivity index is 2.26. The predicted molar refractivity (Wildman–Crippen MR) is 59.6 cm³/mol. The van der Waals surface area contributed by atoms with Crippen molar-refractivity contribution in [2.24, 2.45) is 0 Å². The molecular formula is C10H8ClN3O3. The van der Waals surface area contributed by atoms with Gasteiger partial charge in [-0.3, -0.25) is 0 Å². The first-order valence-corrected chi connectivity index (χ1v) is 4.97. The summed E-state index contributed by atoms with van der Waals surface area (Å²) in [6, 6.07) is 6.26. The number of benzene rings is 1. The molecule has 0 spiro atoms. The number of phenolic OH excluding ortho intramolecular Hbond substituents is 1. The summed E-state index contributed by atoms with van der Waals surface area (Å²) in [5, 5.41) is 9.23. The smallest absolute Gasteiger partial charge is 0.329 e. The van der Waals surface area contributed by atoms with E-state index < -0.39 is 0 Å². The molecule has 7 heteroatoms. The molecule has 2 aromatic rings. The van der Waals surface area contributed by atoms with E-state index in [9.17, 15) is 5.11 Å². The number of halogens is 1. The van der Waals surface area contributed by atoms with Gasteiger partial charge >= 0.3 is 12.0 Å². The molecule has 0 amide bonds. The molecule has 0 bridgehead atoms. The van der Waals surface area contributed by atoms with E-state index in [1.54, 1.807) is 12.1 Å². The van der Waals surface area contributed by atoms with E-state index in [1.165, 1.54) is 19.2 Å². The monoisotopic (exact) mass is 253 g/mol. The average Bonchev–Trinajstić information content (AvgIpc) is 2.28. The van der Waals surface area contributed by atoms with Crippen molar-refractivity contribution in [2.45, 2.75) is 0 Å². The second kappa shape index (κ2) is 4.84. The first-order chi connectivity index (χ1) is 8.17. The van der Waals surface area contributed by atoms with Crippen molar-refractivity contribution in [1.29, 1.82) is 0 Å². The third-order valence-electron chi connectivity index (χ3n) is 1.78. The zero-order valence-corrected chi connectivity index (χ0v) is 9.55. The third-order valence-corrected chi connectivity index (χ3v) is 1.95. The van der Waals surface area contributed by atoms with E-state index in [1.807, 2.05) is 0 Å². The molecule has 0 aliphatic rings.